The Bertz CT molecular complexity index is 1050. The van der Waals surface area contributed by atoms with Crippen LogP contribution in [-0.4, -0.2) is 18.9 Å². The minimum atomic E-state index is -0.571. The number of nitrogens with one attached hydrogen (secondary N) is 1. The van der Waals surface area contributed by atoms with Crippen molar-refractivity contribution in [3.8, 4) is 0 Å². The number of rotatable bonds is 3. The molecule has 1 aromatic heterocycles. The molecular weight excluding hydrogens is 413 g/mol. The van der Waals surface area contributed by atoms with E-state index in [2.05, 4.69) is 5.32 Å². The molecule has 0 unspecified atom stereocenters. The zero-order valence-corrected chi connectivity index (χ0v) is 17.4. The van der Waals surface area contributed by atoms with Gasteiger partial charge in [0, 0.05) is 35.2 Å². The Hall–Kier alpha value is -2.50. The van der Waals surface area contributed by atoms with Crippen LogP contribution in [0, 0.1) is 0 Å². The van der Waals surface area contributed by atoms with Crippen LogP contribution in [0.5, 0.6) is 0 Å². The second-order valence-corrected chi connectivity index (χ2v) is 8.01. The summed E-state index contributed by atoms with van der Waals surface area (Å²) in [6.07, 6.45) is 2.52. The van der Waals surface area contributed by atoms with E-state index >= 15 is 0 Å². The van der Waals surface area contributed by atoms with Gasteiger partial charge in [-0.25, -0.2) is 4.79 Å². The Labute approximate surface area is 178 Å². The van der Waals surface area contributed by atoms with Gasteiger partial charge in [-0.3, -0.25) is 4.79 Å². The number of benzene rings is 1. The zero-order valence-electron chi connectivity index (χ0n) is 15.9. The predicted octanol–water partition coefficient (Wildman–Crippen LogP) is 5.12. The van der Waals surface area contributed by atoms with E-state index in [9.17, 15) is 9.59 Å². The second kappa shape index (κ2) is 7.73. The highest BCUT2D eigenvalue weighted by Gasteiger charge is 2.41. The van der Waals surface area contributed by atoms with E-state index in [0.717, 1.165) is 17.0 Å². The summed E-state index contributed by atoms with van der Waals surface area (Å²) in [6, 6.07) is 8.86. The summed E-state index contributed by atoms with van der Waals surface area (Å²) in [7, 11) is 1.33. The molecule has 0 saturated heterocycles. The molecule has 0 radical (unpaired) electrons. The molecule has 1 aliphatic heterocycles. The van der Waals surface area contributed by atoms with Gasteiger partial charge in [0.1, 0.15) is 5.76 Å². The summed E-state index contributed by atoms with van der Waals surface area (Å²) >= 11 is 12.3. The summed E-state index contributed by atoms with van der Waals surface area (Å²) in [6.45, 7) is 1.81. The van der Waals surface area contributed by atoms with E-state index in [-0.39, 0.29) is 11.7 Å². The van der Waals surface area contributed by atoms with Gasteiger partial charge < -0.3 is 14.5 Å². The van der Waals surface area contributed by atoms with E-state index in [4.69, 9.17) is 32.4 Å². The normalized spacial score (nSPS) is 21.7. The van der Waals surface area contributed by atoms with Gasteiger partial charge in [-0.15, -0.1) is 0 Å². The summed E-state index contributed by atoms with van der Waals surface area (Å²) in [5.74, 6) is -0.369. The van der Waals surface area contributed by atoms with Gasteiger partial charge in [-0.1, -0.05) is 29.3 Å². The molecule has 29 heavy (non-hydrogen) atoms. The maximum Gasteiger partial charge on any atom is 0.336 e. The highest BCUT2D eigenvalue weighted by atomic mass is 35.5. The average molecular weight is 432 g/mol. The number of hydrogen-bond donors (Lipinski definition) is 1. The predicted molar refractivity (Wildman–Crippen MR) is 110 cm³/mol. The average Bonchev–Trinajstić information content (AvgIpc) is 3.23. The highest BCUT2D eigenvalue weighted by Crippen LogP contribution is 2.46. The number of ether oxygens (including phenoxy) is 1. The van der Waals surface area contributed by atoms with Gasteiger partial charge in [-0.2, -0.15) is 0 Å². The Kier molecular flexibility index (Phi) is 5.28. The molecular formula is C22H19Cl2NO4. The summed E-state index contributed by atoms with van der Waals surface area (Å²) in [4.78, 5) is 25.9. The molecule has 2 aliphatic rings. The van der Waals surface area contributed by atoms with Crippen molar-refractivity contribution in [2.24, 2.45) is 0 Å². The third kappa shape index (κ3) is 3.49. The van der Waals surface area contributed by atoms with Crippen LogP contribution >= 0.6 is 23.2 Å². The SMILES string of the molecule is COC(=O)C1=C(C)NC2=C(C(=O)C[C@@H](c3ccco3)C2)[C@@H]1c1ccc(Cl)c(Cl)c1. The largest absolute Gasteiger partial charge is 0.469 e. The van der Waals surface area contributed by atoms with Crippen molar-refractivity contribution in [1.29, 1.82) is 0 Å². The Morgan fingerprint density at radius 3 is 2.66 bits per heavy atom. The van der Waals surface area contributed by atoms with Crippen LogP contribution in [0.3, 0.4) is 0 Å². The third-order valence-corrected chi connectivity index (χ3v) is 6.19. The molecule has 0 spiro atoms. The molecule has 150 valence electrons. The lowest BCUT2D eigenvalue weighted by molar-refractivity contribution is -0.136. The number of ketones is 1. The summed E-state index contributed by atoms with van der Waals surface area (Å²) in [5, 5.41) is 4.04. The van der Waals surface area contributed by atoms with Crippen molar-refractivity contribution in [1.82, 2.24) is 5.32 Å². The zero-order chi connectivity index (χ0) is 20.7. The Balaban J connectivity index is 1.84. The van der Waals surface area contributed by atoms with Crippen molar-refractivity contribution in [2.75, 3.05) is 7.11 Å². The molecule has 2 atom stereocenters. The van der Waals surface area contributed by atoms with E-state index in [1.54, 1.807) is 24.5 Å². The van der Waals surface area contributed by atoms with Crippen molar-refractivity contribution < 1.29 is 18.7 Å². The number of carbonyl (C=O) groups excluding carboxylic acids is 2. The first-order valence-corrected chi connectivity index (χ1v) is 9.97. The van der Waals surface area contributed by atoms with Crippen LogP contribution < -0.4 is 5.32 Å². The fourth-order valence-electron chi connectivity index (χ4n) is 4.17. The van der Waals surface area contributed by atoms with Crippen LogP contribution in [0.4, 0.5) is 0 Å². The number of furan rings is 1. The van der Waals surface area contributed by atoms with Crippen LogP contribution in [-0.2, 0) is 14.3 Å². The first-order valence-electron chi connectivity index (χ1n) is 9.21. The number of allylic oxidation sites excluding steroid dienone is 3. The number of methoxy groups -OCH3 is 1. The molecule has 2 heterocycles. The maximum atomic E-state index is 13.3. The molecule has 0 bridgehead atoms. The number of halogens is 2. The molecule has 1 aliphatic carbocycles. The summed E-state index contributed by atoms with van der Waals surface area (Å²) in [5.41, 5.74) is 3.13. The molecule has 2 aromatic rings. The fourth-order valence-corrected chi connectivity index (χ4v) is 4.48. The maximum absolute atomic E-state index is 13.3. The van der Waals surface area contributed by atoms with Crippen LogP contribution in [0.15, 0.2) is 63.6 Å². The molecule has 4 rings (SSSR count). The Morgan fingerprint density at radius 2 is 2.00 bits per heavy atom. The van der Waals surface area contributed by atoms with E-state index in [0.29, 0.717) is 39.7 Å². The number of dihydropyridines is 1. The molecule has 7 heteroatoms. The number of Topliss-reactive ketones (excluding diaryl/α,β-unsaturated/α-hetero) is 1. The molecule has 0 amide bonds. The van der Waals surface area contributed by atoms with Crippen LogP contribution in [0.2, 0.25) is 10.0 Å². The topological polar surface area (TPSA) is 68.5 Å². The van der Waals surface area contributed by atoms with Crippen molar-refractivity contribution in [3.63, 3.8) is 0 Å². The molecule has 1 N–H and O–H groups in total. The smallest absolute Gasteiger partial charge is 0.336 e. The van der Waals surface area contributed by atoms with Crippen LogP contribution in [0.1, 0.15) is 42.9 Å². The van der Waals surface area contributed by atoms with Gasteiger partial charge >= 0.3 is 5.97 Å². The minimum absolute atomic E-state index is 0.0369. The van der Waals surface area contributed by atoms with Gasteiger partial charge in [0.15, 0.2) is 5.78 Å². The highest BCUT2D eigenvalue weighted by molar-refractivity contribution is 6.42. The second-order valence-electron chi connectivity index (χ2n) is 7.20. The van der Waals surface area contributed by atoms with E-state index < -0.39 is 11.9 Å². The quantitative estimate of drug-likeness (QED) is 0.682. The van der Waals surface area contributed by atoms with E-state index in [1.807, 2.05) is 19.1 Å². The molecule has 5 nitrogen and oxygen atoms in total. The standard InChI is InChI=1S/C22H19Cl2NO4/c1-11-19(22(27)28-2)20(12-5-6-14(23)15(24)8-12)21-16(25-11)9-13(10-17(21)26)18-4-3-7-29-18/h3-8,13,20,25H,9-10H2,1-2H3/t13-,20+/m0/s1. The monoisotopic (exact) mass is 431 g/mol. The lowest BCUT2D eigenvalue weighted by Crippen LogP contribution is -2.36. The molecule has 0 saturated carbocycles. The van der Waals surface area contributed by atoms with Crippen molar-refractivity contribution in [3.05, 3.63) is 80.5 Å². The van der Waals surface area contributed by atoms with Gasteiger partial charge in [0.25, 0.3) is 0 Å². The van der Waals surface area contributed by atoms with Gasteiger partial charge in [-0.05, 0) is 43.2 Å². The number of carbonyl (C=O) groups is 2. The van der Waals surface area contributed by atoms with Gasteiger partial charge in [0.2, 0.25) is 0 Å². The van der Waals surface area contributed by atoms with Crippen molar-refractivity contribution >= 4 is 35.0 Å². The fraction of sp³-hybridized carbons (Fsp3) is 0.273. The first-order chi connectivity index (χ1) is 13.9. The number of hydrogen-bond acceptors (Lipinski definition) is 5. The van der Waals surface area contributed by atoms with Crippen LogP contribution in [0.25, 0.3) is 0 Å². The van der Waals surface area contributed by atoms with Gasteiger partial charge in [0.05, 0.1) is 29.0 Å². The first kappa shape index (κ1) is 19.8. The molecule has 0 fully saturated rings. The minimum Gasteiger partial charge on any atom is -0.469 e. The number of esters is 1. The third-order valence-electron chi connectivity index (χ3n) is 5.46. The Morgan fingerprint density at radius 1 is 1.21 bits per heavy atom. The molecule has 1 aromatic carbocycles. The van der Waals surface area contributed by atoms with E-state index in [1.165, 1.54) is 7.11 Å². The summed E-state index contributed by atoms with van der Waals surface area (Å²) < 4.78 is 10.5. The lowest BCUT2D eigenvalue weighted by Gasteiger charge is -2.36. The van der Waals surface area contributed by atoms with Crippen molar-refractivity contribution in [2.45, 2.75) is 31.6 Å². The lowest BCUT2D eigenvalue weighted by atomic mass is 9.72.